The Hall–Kier alpha value is -1.50. The maximum Gasteiger partial charge on any atom is 0.409 e. The fraction of sp³-hybridized carbons (Fsp3) is 0.875. The van der Waals surface area contributed by atoms with Crippen molar-refractivity contribution in [3.8, 4) is 0 Å². The fourth-order valence-corrected chi connectivity index (χ4v) is 2.22. The lowest BCUT2D eigenvalue weighted by Crippen LogP contribution is -2.63. The van der Waals surface area contributed by atoms with Crippen molar-refractivity contribution in [1.29, 1.82) is 0 Å². The second kappa shape index (κ2) is 7.38. The van der Waals surface area contributed by atoms with Gasteiger partial charge in [-0.1, -0.05) is 6.92 Å². The van der Waals surface area contributed by atoms with Gasteiger partial charge in [0.05, 0.1) is 0 Å². The molecule has 1 aliphatic rings. The monoisotopic (exact) mass is 329 g/mol. The van der Waals surface area contributed by atoms with Crippen LogP contribution in [-0.4, -0.2) is 54.1 Å². The summed E-state index contributed by atoms with van der Waals surface area (Å²) in [6.45, 7) is 15.4. The van der Waals surface area contributed by atoms with Gasteiger partial charge in [0.2, 0.25) is 0 Å². The van der Waals surface area contributed by atoms with E-state index in [9.17, 15) is 9.59 Å². The lowest BCUT2D eigenvalue weighted by molar-refractivity contribution is 0.0217. The molecule has 1 heterocycles. The van der Waals surface area contributed by atoms with Crippen LogP contribution in [0, 0.1) is 5.92 Å². The van der Waals surface area contributed by atoms with Crippen molar-refractivity contribution < 1.29 is 19.1 Å². The molecule has 0 unspecified atom stereocenters. The van der Waals surface area contributed by atoms with Crippen molar-refractivity contribution in [3.63, 3.8) is 0 Å². The predicted molar refractivity (Wildman–Crippen MR) is 88.1 cm³/mol. The summed E-state index contributed by atoms with van der Waals surface area (Å²) < 4.78 is 10.5. The van der Waals surface area contributed by atoms with Gasteiger partial charge in [-0.15, -0.1) is 0 Å². The highest BCUT2D eigenvalue weighted by Gasteiger charge is 2.36. The van der Waals surface area contributed by atoms with Crippen LogP contribution >= 0.6 is 0 Å². The van der Waals surface area contributed by atoms with Gasteiger partial charge < -0.3 is 25.0 Å². The Bertz CT molecular complexity index is 390. The number of carbonyl (C=O) groups is 2. The molecule has 0 aromatic carbocycles. The van der Waals surface area contributed by atoms with Gasteiger partial charge in [-0.3, -0.25) is 0 Å². The molecule has 7 heteroatoms. The van der Waals surface area contributed by atoms with Crippen LogP contribution in [0.2, 0.25) is 0 Å². The molecule has 0 aromatic rings. The number of hydrogen-bond donors (Lipinski definition) is 2. The van der Waals surface area contributed by atoms with E-state index in [1.165, 1.54) is 0 Å². The highest BCUT2D eigenvalue weighted by atomic mass is 16.6. The van der Waals surface area contributed by atoms with Gasteiger partial charge in [-0.05, 0) is 48.1 Å². The van der Waals surface area contributed by atoms with Crippen LogP contribution in [-0.2, 0) is 9.47 Å². The average Bonchev–Trinajstić information content (AvgIpc) is 2.21. The Morgan fingerprint density at radius 2 is 1.39 bits per heavy atom. The third-order valence-corrected chi connectivity index (χ3v) is 3.25. The maximum absolute atomic E-state index is 12.0. The standard InChI is InChI=1S/C16H31N3O4/c1-8-19-9-11(10-19)12(17-13(20)22-15(2,3)4)18-14(21)23-16(5,6)7/h11-12H,8-10H2,1-7H3,(H,17,20)(H,18,21). The maximum atomic E-state index is 12.0. The Morgan fingerprint density at radius 1 is 1.00 bits per heavy atom. The third-order valence-electron chi connectivity index (χ3n) is 3.25. The zero-order valence-electron chi connectivity index (χ0n) is 15.4. The van der Waals surface area contributed by atoms with Gasteiger partial charge in [0, 0.05) is 19.0 Å². The summed E-state index contributed by atoms with van der Waals surface area (Å²) in [5.74, 6) is 0.134. The molecule has 1 rings (SSSR count). The highest BCUT2D eigenvalue weighted by Crippen LogP contribution is 2.19. The minimum Gasteiger partial charge on any atom is -0.444 e. The lowest BCUT2D eigenvalue weighted by Gasteiger charge is -2.43. The second-order valence-electron chi connectivity index (χ2n) is 7.88. The minimum absolute atomic E-state index is 0.134. The van der Waals surface area contributed by atoms with Crippen molar-refractivity contribution in [3.05, 3.63) is 0 Å². The van der Waals surface area contributed by atoms with E-state index in [0.29, 0.717) is 0 Å². The molecule has 2 amide bonds. The van der Waals surface area contributed by atoms with Gasteiger partial charge in [-0.25, -0.2) is 9.59 Å². The number of carbonyl (C=O) groups excluding carboxylic acids is 2. The SMILES string of the molecule is CCN1CC(C(NC(=O)OC(C)(C)C)NC(=O)OC(C)(C)C)C1. The molecular formula is C16H31N3O4. The van der Waals surface area contributed by atoms with Crippen molar-refractivity contribution in [2.75, 3.05) is 19.6 Å². The van der Waals surface area contributed by atoms with Crippen LogP contribution in [0.3, 0.4) is 0 Å². The molecule has 0 radical (unpaired) electrons. The molecule has 7 nitrogen and oxygen atoms in total. The van der Waals surface area contributed by atoms with Gasteiger partial charge in [0.1, 0.15) is 17.4 Å². The summed E-state index contributed by atoms with van der Waals surface area (Å²) in [5, 5.41) is 5.47. The number of nitrogens with zero attached hydrogens (tertiary/aromatic N) is 1. The van der Waals surface area contributed by atoms with Crippen molar-refractivity contribution in [2.45, 2.75) is 65.8 Å². The summed E-state index contributed by atoms with van der Waals surface area (Å²) >= 11 is 0. The highest BCUT2D eigenvalue weighted by molar-refractivity contribution is 5.71. The van der Waals surface area contributed by atoms with Crippen LogP contribution in [0.5, 0.6) is 0 Å². The normalized spacial score (nSPS) is 16.7. The molecule has 0 aliphatic carbocycles. The van der Waals surface area contributed by atoms with Crippen molar-refractivity contribution in [1.82, 2.24) is 15.5 Å². The van der Waals surface area contributed by atoms with Gasteiger partial charge in [0.15, 0.2) is 0 Å². The molecule has 2 N–H and O–H groups in total. The van der Waals surface area contributed by atoms with Crippen LogP contribution in [0.15, 0.2) is 0 Å². The molecule has 0 spiro atoms. The topological polar surface area (TPSA) is 79.9 Å². The first-order chi connectivity index (χ1) is 10.4. The molecular weight excluding hydrogens is 298 g/mol. The quantitative estimate of drug-likeness (QED) is 0.774. The van der Waals surface area contributed by atoms with E-state index >= 15 is 0 Å². The Morgan fingerprint density at radius 3 is 1.70 bits per heavy atom. The Labute approximate surface area is 139 Å². The average molecular weight is 329 g/mol. The van der Waals surface area contributed by atoms with E-state index in [2.05, 4.69) is 22.5 Å². The van der Waals surface area contributed by atoms with Crippen molar-refractivity contribution >= 4 is 12.2 Å². The number of amides is 2. The minimum atomic E-state index is -0.588. The number of rotatable bonds is 4. The van der Waals surface area contributed by atoms with E-state index in [-0.39, 0.29) is 5.92 Å². The molecule has 1 saturated heterocycles. The summed E-state index contributed by atoms with van der Waals surface area (Å²) in [6, 6.07) is 0. The summed E-state index contributed by atoms with van der Waals surface area (Å²) in [6.07, 6.45) is -1.61. The number of ether oxygens (including phenoxy) is 2. The molecule has 0 saturated carbocycles. The molecule has 0 atom stereocenters. The molecule has 134 valence electrons. The van der Waals surface area contributed by atoms with E-state index in [4.69, 9.17) is 9.47 Å². The van der Waals surface area contributed by atoms with E-state index in [0.717, 1.165) is 19.6 Å². The van der Waals surface area contributed by atoms with E-state index in [1.807, 2.05) is 0 Å². The van der Waals surface area contributed by atoms with Crippen LogP contribution in [0.4, 0.5) is 9.59 Å². The fourth-order valence-electron chi connectivity index (χ4n) is 2.22. The Kier molecular flexibility index (Phi) is 6.27. The Balaban J connectivity index is 2.63. The zero-order chi connectivity index (χ0) is 17.8. The van der Waals surface area contributed by atoms with Gasteiger partial charge >= 0.3 is 12.2 Å². The summed E-state index contributed by atoms with van der Waals surface area (Å²) in [5.41, 5.74) is -1.18. The molecule has 0 aromatic heterocycles. The number of likely N-dealkylation sites (tertiary alicyclic amines) is 1. The van der Waals surface area contributed by atoms with Gasteiger partial charge in [0.25, 0.3) is 0 Å². The molecule has 0 bridgehead atoms. The smallest absolute Gasteiger partial charge is 0.409 e. The first-order valence-corrected chi connectivity index (χ1v) is 8.11. The predicted octanol–water partition coefficient (Wildman–Crippen LogP) is 2.31. The van der Waals surface area contributed by atoms with Gasteiger partial charge in [-0.2, -0.15) is 0 Å². The van der Waals surface area contributed by atoms with Crippen LogP contribution < -0.4 is 10.6 Å². The number of nitrogens with one attached hydrogen (secondary N) is 2. The first kappa shape index (κ1) is 19.5. The number of alkyl carbamates (subject to hydrolysis) is 2. The van der Waals surface area contributed by atoms with Crippen LogP contribution in [0.25, 0.3) is 0 Å². The van der Waals surface area contributed by atoms with Crippen molar-refractivity contribution in [2.24, 2.45) is 5.92 Å². The first-order valence-electron chi connectivity index (χ1n) is 8.11. The third kappa shape index (κ3) is 7.54. The second-order valence-corrected chi connectivity index (χ2v) is 7.88. The zero-order valence-corrected chi connectivity index (χ0v) is 15.4. The molecule has 23 heavy (non-hydrogen) atoms. The lowest BCUT2D eigenvalue weighted by atomic mass is 9.96. The van der Waals surface area contributed by atoms with E-state index in [1.54, 1.807) is 41.5 Å². The largest absolute Gasteiger partial charge is 0.444 e. The molecule has 1 aliphatic heterocycles. The summed E-state index contributed by atoms with van der Waals surface area (Å²) in [4.78, 5) is 26.2. The summed E-state index contributed by atoms with van der Waals surface area (Å²) in [7, 11) is 0. The van der Waals surface area contributed by atoms with Crippen LogP contribution in [0.1, 0.15) is 48.5 Å². The molecule has 1 fully saturated rings. The van der Waals surface area contributed by atoms with E-state index < -0.39 is 29.6 Å². The number of hydrogen-bond acceptors (Lipinski definition) is 5.